The summed E-state index contributed by atoms with van der Waals surface area (Å²) >= 11 is 0. The largest absolute Gasteiger partial charge is 0.391 e. The third-order valence-electron chi connectivity index (χ3n) is 5.50. The Morgan fingerprint density at radius 3 is 2.30 bits per heavy atom. The molecule has 0 aromatic carbocycles. The number of rotatable bonds is 7. The van der Waals surface area contributed by atoms with Gasteiger partial charge in [0.15, 0.2) is 6.04 Å². The molecule has 6 atom stereocenters. The minimum atomic E-state index is -1.32. The molecule has 0 bridgehead atoms. The fourth-order valence-corrected chi connectivity index (χ4v) is 3.65. The molecule has 12 heteroatoms. The summed E-state index contributed by atoms with van der Waals surface area (Å²) in [5.74, 6) is -2.84. The molecule has 0 radical (unpaired) electrons. The third kappa shape index (κ3) is 5.37. The highest BCUT2D eigenvalue weighted by Gasteiger charge is 2.41. The molecular formula is C18H30N6O6. The molecule has 2 aliphatic rings. The van der Waals surface area contributed by atoms with Gasteiger partial charge in [-0.2, -0.15) is 5.11 Å². The lowest BCUT2D eigenvalue weighted by Crippen LogP contribution is -2.54. The van der Waals surface area contributed by atoms with Crippen molar-refractivity contribution in [3.05, 3.63) is 0 Å². The molecule has 0 aromatic rings. The van der Waals surface area contributed by atoms with Crippen LogP contribution in [0.25, 0.3) is 0 Å². The second-order valence-electron chi connectivity index (χ2n) is 7.87. The summed E-state index contributed by atoms with van der Waals surface area (Å²) in [5.41, 5.74) is 10.8. The van der Waals surface area contributed by atoms with Gasteiger partial charge in [-0.05, 0) is 33.1 Å². The molecule has 4 amide bonds. The highest BCUT2D eigenvalue weighted by Crippen LogP contribution is 2.25. The van der Waals surface area contributed by atoms with Crippen molar-refractivity contribution in [3.63, 3.8) is 0 Å². The lowest BCUT2D eigenvalue weighted by atomic mass is 10.1. The van der Waals surface area contributed by atoms with E-state index in [-0.39, 0.29) is 12.5 Å². The normalized spacial score (nSPS) is 25.9. The highest BCUT2D eigenvalue weighted by atomic mass is 16.3. The van der Waals surface area contributed by atoms with Crippen LogP contribution >= 0.6 is 0 Å². The van der Waals surface area contributed by atoms with Crippen LogP contribution in [0.3, 0.4) is 0 Å². The summed E-state index contributed by atoms with van der Waals surface area (Å²) in [6, 6.07) is -3.09. The lowest BCUT2D eigenvalue weighted by molar-refractivity contribution is -0.145. The van der Waals surface area contributed by atoms with Gasteiger partial charge in [0.2, 0.25) is 17.7 Å². The number of primary amides is 1. The van der Waals surface area contributed by atoms with E-state index in [1.54, 1.807) is 0 Å². The Labute approximate surface area is 174 Å². The van der Waals surface area contributed by atoms with Crippen molar-refractivity contribution in [3.8, 4) is 0 Å². The SMILES string of the molecule is C[C@@H](O)[C@H](N)C(=O)N1CCC[C@@H]1C(=O)N1CC[C@@H](C(=O)N=N[C@H](C(N)=O)[C@@H](C)O)C1. The zero-order chi connectivity index (χ0) is 22.6. The molecule has 0 spiro atoms. The van der Waals surface area contributed by atoms with Gasteiger partial charge < -0.3 is 31.5 Å². The Hall–Kier alpha value is -2.44. The van der Waals surface area contributed by atoms with Crippen LogP contribution in [0.15, 0.2) is 10.2 Å². The number of hydrogen-bond donors (Lipinski definition) is 4. The first-order valence-electron chi connectivity index (χ1n) is 9.99. The van der Waals surface area contributed by atoms with Crippen LogP contribution in [0.5, 0.6) is 0 Å². The maximum atomic E-state index is 12.9. The molecule has 0 aromatic heterocycles. The lowest BCUT2D eigenvalue weighted by Gasteiger charge is -2.30. The molecule has 2 aliphatic heterocycles. The van der Waals surface area contributed by atoms with Crippen LogP contribution in [-0.2, 0) is 19.2 Å². The Morgan fingerprint density at radius 1 is 1.07 bits per heavy atom. The van der Waals surface area contributed by atoms with Gasteiger partial charge in [-0.15, -0.1) is 5.11 Å². The van der Waals surface area contributed by atoms with Crippen molar-refractivity contribution in [2.24, 2.45) is 27.6 Å². The number of azo groups is 1. The van der Waals surface area contributed by atoms with Crippen LogP contribution in [0, 0.1) is 5.92 Å². The third-order valence-corrected chi connectivity index (χ3v) is 5.50. The van der Waals surface area contributed by atoms with E-state index in [0.29, 0.717) is 32.4 Å². The monoisotopic (exact) mass is 426 g/mol. The summed E-state index contributed by atoms with van der Waals surface area (Å²) in [7, 11) is 0. The molecule has 2 heterocycles. The van der Waals surface area contributed by atoms with Crippen LogP contribution in [0.4, 0.5) is 0 Å². The van der Waals surface area contributed by atoms with E-state index in [1.807, 2.05) is 0 Å². The van der Waals surface area contributed by atoms with Crippen molar-refractivity contribution in [2.45, 2.75) is 63.4 Å². The smallest absolute Gasteiger partial charge is 0.269 e. The number of carbonyl (C=O) groups excluding carboxylic acids is 4. The van der Waals surface area contributed by atoms with Crippen molar-refractivity contribution in [2.75, 3.05) is 19.6 Å². The van der Waals surface area contributed by atoms with E-state index in [0.717, 1.165) is 0 Å². The molecule has 30 heavy (non-hydrogen) atoms. The molecule has 0 saturated carbocycles. The van der Waals surface area contributed by atoms with E-state index >= 15 is 0 Å². The average molecular weight is 426 g/mol. The number of aliphatic hydroxyl groups excluding tert-OH is 2. The molecule has 6 N–H and O–H groups in total. The maximum Gasteiger partial charge on any atom is 0.269 e. The number of nitrogens with zero attached hydrogens (tertiary/aromatic N) is 4. The molecule has 2 rings (SSSR count). The molecule has 0 aliphatic carbocycles. The molecule has 12 nitrogen and oxygen atoms in total. The van der Waals surface area contributed by atoms with Gasteiger partial charge >= 0.3 is 0 Å². The Kier molecular flexibility index (Phi) is 7.98. The minimum Gasteiger partial charge on any atom is -0.391 e. The van der Waals surface area contributed by atoms with Gasteiger partial charge in [0.1, 0.15) is 12.1 Å². The fraction of sp³-hybridized carbons (Fsp3) is 0.778. The Morgan fingerprint density at radius 2 is 1.73 bits per heavy atom. The van der Waals surface area contributed by atoms with Crippen molar-refractivity contribution < 1.29 is 29.4 Å². The standard InChI is InChI=1S/C18H30N6O6/c1-9(25)13(19)18(30)24-6-3-4-12(24)17(29)23-7-5-11(8-23)16(28)22-21-14(10(2)26)15(20)27/h9-14,25-26H,3-8,19H2,1-2H3,(H2,20,27)/t9-,10-,11-,12-,13+,14+/m1/s1. The minimum absolute atomic E-state index is 0.119. The molecule has 168 valence electrons. The summed E-state index contributed by atoms with van der Waals surface area (Å²) in [4.78, 5) is 51.8. The van der Waals surface area contributed by atoms with E-state index in [4.69, 9.17) is 11.5 Å². The van der Waals surface area contributed by atoms with Crippen LogP contribution in [0.2, 0.25) is 0 Å². The van der Waals surface area contributed by atoms with Crippen LogP contribution < -0.4 is 11.5 Å². The number of aliphatic hydroxyl groups is 2. The molecule has 2 fully saturated rings. The van der Waals surface area contributed by atoms with Crippen molar-refractivity contribution in [1.82, 2.24) is 9.80 Å². The summed E-state index contributed by atoms with van der Waals surface area (Å²) in [6.45, 7) is 3.55. The first-order chi connectivity index (χ1) is 14.0. The number of amides is 4. The van der Waals surface area contributed by atoms with Gasteiger partial charge in [-0.1, -0.05) is 0 Å². The van der Waals surface area contributed by atoms with Crippen molar-refractivity contribution >= 4 is 23.6 Å². The number of hydrogen-bond acceptors (Lipinski definition) is 8. The van der Waals surface area contributed by atoms with E-state index in [9.17, 15) is 29.4 Å². The average Bonchev–Trinajstić information content (AvgIpc) is 3.35. The summed E-state index contributed by atoms with van der Waals surface area (Å²) < 4.78 is 0. The summed E-state index contributed by atoms with van der Waals surface area (Å²) in [6.07, 6.45) is -0.709. The van der Waals surface area contributed by atoms with Gasteiger partial charge in [-0.25, -0.2) is 0 Å². The first kappa shape index (κ1) is 23.8. The Balaban J connectivity index is 1.99. The van der Waals surface area contributed by atoms with Crippen molar-refractivity contribution in [1.29, 1.82) is 0 Å². The highest BCUT2D eigenvalue weighted by molar-refractivity contribution is 5.91. The maximum absolute atomic E-state index is 12.9. The van der Waals surface area contributed by atoms with Crippen LogP contribution in [-0.4, -0.2) is 93.6 Å². The molecular weight excluding hydrogens is 396 g/mol. The quantitative estimate of drug-likeness (QED) is 0.330. The molecule has 2 saturated heterocycles. The van der Waals surface area contributed by atoms with Gasteiger partial charge in [-0.3, -0.25) is 19.2 Å². The van der Waals surface area contributed by atoms with E-state index < -0.39 is 54.0 Å². The first-order valence-corrected chi connectivity index (χ1v) is 9.99. The Bertz CT molecular complexity index is 711. The van der Waals surface area contributed by atoms with Gasteiger partial charge in [0.05, 0.1) is 18.1 Å². The number of likely N-dealkylation sites (tertiary alicyclic amines) is 2. The zero-order valence-electron chi connectivity index (χ0n) is 17.2. The van der Waals surface area contributed by atoms with Gasteiger partial charge in [0.25, 0.3) is 5.91 Å². The predicted octanol–water partition coefficient (Wildman–Crippen LogP) is -2.25. The van der Waals surface area contributed by atoms with E-state index in [1.165, 1.54) is 23.6 Å². The fourth-order valence-electron chi connectivity index (χ4n) is 3.65. The topological polar surface area (TPSA) is 192 Å². The predicted molar refractivity (Wildman–Crippen MR) is 104 cm³/mol. The van der Waals surface area contributed by atoms with Gasteiger partial charge in [0, 0.05) is 19.6 Å². The number of carbonyl (C=O) groups is 4. The van der Waals surface area contributed by atoms with E-state index in [2.05, 4.69) is 10.2 Å². The summed E-state index contributed by atoms with van der Waals surface area (Å²) in [5, 5.41) is 26.1. The second-order valence-corrected chi connectivity index (χ2v) is 7.87. The number of nitrogens with two attached hydrogens (primary N) is 2. The second kappa shape index (κ2) is 10.0. The van der Waals surface area contributed by atoms with Crippen LogP contribution in [0.1, 0.15) is 33.1 Å². The zero-order valence-corrected chi connectivity index (χ0v) is 17.2. The molecule has 0 unspecified atom stereocenters.